The van der Waals surface area contributed by atoms with Crippen LogP contribution in [0.25, 0.3) is 0 Å². The van der Waals surface area contributed by atoms with Crippen LogP contribution in [-0.4, -0.2) is 18.0 Å². The molecule has 0 aromatic heterocycles. The molecular weight excluding hydrogens is 321 g/mol. The maximum atomic E-state index is 13.7. The molecule has 6 heteroatoms. The van der Waals surface area contributed by atoms with Crippen molar-refractivity contribution >= 4 is 11.9 Å². The van der Waals surface area contributed by atoms with Gasteiger partial charge in [-0.15, -0.1) is 0 Å². The van der Waals surface area contributed by atoms with E-state index >= 15 is 0 Å². The molecule has 0 aliphatic rings. The highest BCUT2D eigenvalue weighted by Gasteiger charge is 2.25. The van der Waals surface area contributed by atoms with Crippen molar-refractivity contribution in [2.45, 2.75) is 32.4 Å². The maximum absolute atomic E-state index is 13.7. The zero-order valence-corrected chi connectivity index (χ0v) is 14.3. The second-order valence-corrected chi connectivity index (χ2v) is 5.96. The van der Waals surface area contributed by atoms with E-state index in [4.69, 9.17) is 5.73 Å². The SMILES string of the molecule is CCc1ccc([C@@H]([NH2+][C@@H](C)C(=O)NC(N)=O)c2cccc(F)c2)cc1. The van der Waals surface area contributed by atoms with Crippen LogP contribution in [0.1, 0.15) is 36.6 Å². The number of nitrogens with one attached hydrogen (secondary N) is 1. The fourth-order valence-corrected chi connectivity index (χ4v) is 2.69. The Labute approximate surface area is 146 Å². The number of primary amides is 1. The summed E-state index contributed by atoms with van der Waals surface area (Å²) < 4.78 is 13.7. The number of quaternary nitrogens is 1. The third-order valence-electron chi connectivity index (χ3n) is 4.10. The van der Waals surface area contributed by atoms with E-state index < -0.39 is 18.0 Å². The second kappa shape index (κ2) is 8.39. The molecule has 0 heterocycles. The van der Waals surface area contributed by atoms with Crippen LogP contribution in [0.4, 0.5) is 9.18 Å². The first-order chi connectivity index (χ1) is 11.9. The predicted octanol–water partition coefficient (Wildman–Crippen LogP) is 1.62. The van der Waals surface area contributed by atoms with Gasteiger partial charge in [-0.05, 0) is 31.0 Å². The van der Waals surface area contributed by atoms with E-state index in [1.807, 2.05) is 30.3 Å². The first-order valence-electron chi connectivity index (χ1n) is 8.20. The summed E-state index contributed by atoms with van der Waals surface area (Å²) in [4.78, 5) is 22.9. The van der Waals surface area contributed by atoms with Crippen molar-refractivity contribution in [1.29, 1.82) is 0 Å². The van der Waals surface area contributed by atoms with Gasteiger partial charge in [-0.2, -0.15) is 0 Å². The van der Waals surface area contributed by atoms with Crippen LogP contribution in [-0.2, 0) is 11.2 Å². The Hall–Kier alpha value is -2.73. The largest absolute Gasteiger partial charge is 0.351 e. The van der Waals surface area contributed by atoms with Crippen molar-refractivity contribution < 1.29 is 19.3 Å². The van der Waals surface area contributed by atoms with E-state index in [0.717, 1.165) is 17.5 Å². The van der Waals surface area contributed by atoms with Gasteiger partial charge in [0.2, 0.25) is 0 Å². The summed E-state index contributed by atoms with van der Waals surface area (Å²) in [6.45, 7) is 3.74. The highest BCUT2D eigenvalue weighted by atomic mass is 19.1. The van der Waals surface area contributed by atoms with Crippen molar-refractivity contribution in [3.63, 3.8) is 0 Å². The average molecular weight is 344 g/mol. The van der Waals surface area contributed by atoms with Gasteiger partial charge in [0, 0.05) is 11.1 Å². The van der Waals surface area contributed by atoms with Crippen LogP contribution >= 0.6 is 0 Å². The van der Waals surface area contributed by atoms with Crippen LogP contribution < -0.4 is 16.4 Å². The fraction of sp³-hybridized carbons (Fsp3) is 0.263. The van der Waals surface area contributed by atoms with E-state index in [9.17, 15) is 14.0 Å². The number of carbonyl (C=O) groups is 2. The average Bonchev–Trinajstić information content (AvgIpc) is 2.59. The molecule has 2 atom stereocenters. The first-order valence-corrected chi connectivity index (χ1v) is 8.20. The Morgan fingerprint density at radius 2 is 1.84 bits per heavy atom. The zero-order chi connectivity index (χ0) is 18.4. The molecule has 0 fully saturated rings. The van der Waals surface area contributed by atoms with Crippen LogP contribution in [0.15, 0.2) is 48.5 Å². The highest BCUT2D eigenvalue weighted by molar-refractivity contribution is 5.95. The second-order valence-electron chi connectivity index (χ2n) is 5.96. The smallest absolute Gasteiger partial charge is 0.319 e. The standard InChI is InChI=1S/C19H22FN3O2/c1-3-13-7-9-14(10-8-13)17(15-5-4-6-16(20)11-15)22-12(2)18(24)23-19(21)25/h4-12,17,22H,3H2,1-2H3,(H3,21,23,24,25)/p+1/t12-,17+/m0/s1. The number of urea groups is 1. The minimum atomic E-state index is -0.889. The number of hydrogen-bond donors (Lipinski definition) is 3. The molecule has 25 heavy (non-hydrogen) atoms. The van der Waals surface area contributed by atoms with Crippen molar-refractivity contribution in [1.82, 2.24) is 5.32 Å². The first kappa shape index (κ1) is 18.6. The van der Waals surface area contributed by atoms with E-state index in [1.165, 1.54) is 17.7 Å². The zero-order valence-electron chi connectivity index (χ0n) is 14.3. The van der Waals surface area contributed by atoms with Crippen LogP contribution in [0, 0.1) is 5.82 Å². The van der Waals surface area contributed by atoms with Crippen LogP contribution in [0.2, 0.25) is 0 Å². The number of nitrogens with two attached hydrogens (primary N) is 2. The summed E-state index contributed by atoms with van der Waals surface area (Å²) in [7, 11) is 0. The lowest BCUT2D eigenvalue weighted by molar-refractivity contribution is -0.704. The number of carbonyl (C=O) groups excluding carboxylic acids is 2. The third kappa shape index (κ3) is 5.12. The van der Waals surface area contributed by atoms with Crippen LogP contribution in [0.3, 0.4) is 0 Å². The molecule has 0 saturated heterocycles. The molecule has 5 N–H and O–H groups in total. The van der Waals surface area contributed by atoms with E-state index in [1.54, 1.807) is 18.3 Å². The van der Waals surface area contributed by atoms with Crippen molar-refractivity contribution in [2.75, 3.05) is 0 Å². The molecular formula is C19H23FN3O2+. The molecule has 0 bridgehead atoms. The maximum Gasteiger partial charge on any atom is 0.319 e. The fourth-order valence-electron chi connectivity index (χ4n) is 2.69. The summed E-state index contributed by atoms with van der Waals surface area (Å²) in [6, 6.07) is 12.5. The molecule has 132 valence electrons. The number of aryl methyl sites for hydroxylation is 1. The monoisotopic (exact) mass is 344 g/mol. The van der Waals surface area contributed by atoms with Gasteiger partial charge in [-0.3, -0.25) is 10.1 Å². The highest BCUT2D eigenvalue weighted by Crippen LogP contribution is 2.20. The third-order valence-corrected chi connectivity index (χ3v) is 4.10. The van der Waals surface area contributed by atoms with Gasteiger partial charge in [-0.25, -0.2) is 9.18 Å². The normalized spacial score (nSPS) is 13.1. The van der Waals surface area contributed by atoms with Gasteiger partial charge >= 0.3 is 6.03 Å². The number of rotatable bonds is 6. The van der Waals surface area contributed by atoms with Gasteiger partial charge in [0.15, 0.2) is 6.04 Å². The molecule has 2 rings (SSSR count). The number of hydrogen-bond acceptors (Lipinski definition) is 2. The summed E-state index contributed by atoms with van der Waals surface area (Å²) >= 11 is 0. The number of imide groups is 1. The topological polar surface area (TPSA) is 88.8 Å². The number of benzene rings is 2. The Morgan fingerprint density at radius 1 is 1.16 bits per heavy atom. The van der Waals surface area contributed by atoms with Crippen LogP contribution in [0.5, 0.6) is 0 Å². The molecule has 0 saturated carbocycles. The molecule has 0 radical (unpaired) electrons. The van der Waals surface area contributed by atoms with E-state index in [2.05, 4.69) is 12.2 Å². The van der Waals surface area contributed by atoms with Gasteiger partial charge in [0.05, 0.1) is 0 Å². The van der Waals surface area contributed by atoms with Gasteiger partial charge in [0.1, 0.15) is 11.9 Å². The van der Waals surface area contributed by atoms with Crippen molar-refractivity contribution in [3.8, 4) is 0 Å². The molecule has 3 amide bonds. The summed E-state index contributed by atoms with van der Waals surface area (Å²) in [5, 5.41) is 3.86. The van der Waals surface area contributed by atoms with Gasteiger partial charge in [-0.1, -0.05) is 43.3 Å². The molecule has 2 aromatic carbocycles. The molecule has 0 aliphatic carbocycles. The Bertz CT molecular complexity index is 747. The van der Waals surface area contributed by atoms with Gasteiger partial charge < -0.3 is 11.1 Å². The molecule has 5 nitrogen and oxygen atoms in total. The molecule has 0 unspecified atom stereocenters. The molecule has 0 aliphatic heterocycles. The molecule has 0 spiro atoms. The summed E-state index contributed by atoms with van der Waals surface area (Å²) in [5.74, 6) is -0.825. The predicted molar refractivity (Wildman–Crippen MR) is 93.2 cm³/mol. The number of halogens is 1. The van der Waals surface area contributed by atoms with Crippen molar-refractivity contribution in [3.05, 3.63) is 71.0 Å². The molecule has 2 aromatic rings. The van der Waals surface area contributed by atoms with Crippen molar-refractivity contribution in [2.24, 2.45) is 5.73 Å². The van der Waals surface area contributed by atoms with E-state index in [0.29, 0.717) is 0 Å². The Balaban J connectivity index is 2.31. The summed E-state index contributed by atoms with van der Waals surface area (Å²) in [6.07, 6.45) is 0.923. The Morgan fingerprint density at radius 3 is 2.40 bits per heavy atom. The minimum Gasteiger partial charge on any atom is -0.351 e. The van der Waals surface area contributed by atoms with Gasteiger partial charge in [0.25, 0.3) is 5.91 Å². The minimum absolute atomic E-state index is 0.282. The summed E-state index contributed by atoms with van der Waals surface area (Å²) in [5.41, 5.74) is 7.88. The number of amides is 3. The van der Waals surface area contributed by atoms with E-state index in [-0.39, 0.29) is 11.9 Å². The lowest BCUT2D eigenvalue weighted by Gasteiger charge is -2.20. The quantitative estimate of drug-likeness (QED) is 0.743. The Kier molecular flexibility index (Phi) is 6.25. The lowest BCUT2D eigenvalue weighted by atomic mass is 9.96. The lowest BCUT2D eigenvalue weighted by Crippen LogP contribution is -2.93.